The van der Waals surface area contributed by atoms with Crippen LogP contribution in [0.2, 0.25) is 0 Å². The second-order valence-electron chi connectivity index (χ2n) is 13.9. The summed E-state index contributed by atoms with van der Waals surface area (Å²) < 4.78 is 71.3. The van der Waals surface area contributed by atoms with E-state index in [0.717, 1.165) is 5.56 Å². The van der Waals surface area contributed by atoms with Gasteiger partial charge in [0.15, 0.2) is 12.3 Å². The van der Waals surface area contributed by atoms with Crippen LogP contribution in [-0.2, 0) is 17.8 Å². The smallest absolute Gasteiger partial charge is 0.422 e. The summed E-state index contributed by atoms with van der Waals surface area (Å²) in [7, 11) is 0. The van der Waals surface area contributed by atoms with Gasteiger partial charge in [-0.05, 0) is 18.2 Å². The number of benzene rings is 2. The van der Waals surface area contributed by atoms with Gasteiger partial charge in [0, 0.05) is 58.5 Å². The molecule has 2 aromatic carbocycles. The van der Waals surface area contributed by atoms with Gasteiger partial charge in [-0.2, -0.15) is 28.4 Å². The van der Waals surface area contributed by atoms with E-state index < -0.39 is 35.6 Å². The first-order chi connectivity index (χ1) is 30.4. The van der Waals surface area contributed by atoms with Crippen LogP contribution < -0.4 is 20.6 Å². The van der Waals surface area contributed by atoms with Crippen LogP contribution in [0.25, 0.3) is 54.9 Å². The van der Waals surface area contributed by atoms with Gasteiger partial charge in [-0.25, -0.2) is 28.7 Å². The highest BCUT2D eigenvalue weighted by Crippen LogP contribution is 2.34. The molecule has 0 unspecified atom stereocenters. The standard InChI is InChI=1S/C40H28F4N12O5S2/c41-39(19-59-20-39)21-60-37-45-14-26(15-46-37)28-9-11-32(57)55(53-28)17-31-50-52-36(63-31)25-8-4-7-24(13-25)34-27(16-47-38(48-34)61-22-40(42,43)44)29-10-12-33(58)56(54-29)18-30-49-51-35(62-30)23-5-2-1-3-6-23/h1-16H,17-22H2. The molecule has 0 N–H and O–H groups in total. The average Bonchev–Trinajstić information content (AvgIpc) is 3.96. The van der Waals surface area contributed by atoms with Crippen molar-refractivity contribution in [1.82, 2.24) is 59.9 Å². The number of hydrogen-bond acceptors (Lipinski definition) is 17. The van der Waals surface area contributed by atoms with Crippen molar-refractivity contribution in [2.75, 3.05) is 26.4 Å². The normalized spacial score (nSPS) is 13.4. The lowest BCUT2D eigenvalue weighted by Gasteiger charge is -2.32. The molecule has 63 heavy (non-hydrogen) atoms. The third-order valence-electron chi connectivity index (χ3n) is 9.15. The van der Waals surface area contributed by atoms with Gasteiger partial charge in [0.2, 0.25) is 0 Å². The Morgan fingerprint density at radius 1 is 0.667 bits per heavy atom. The first-order valence-corrected chi connectivity index (χ1v) is 20.3. The third kappa shape index (κ3) is 9.64. The lowest BCUT2D eigenvalue weighted by molar-refractivity contribution is -0.154. The Hall–Kier alpha value is -7.24. The second-order valence-corrected chi connectivity index (χ2v) is 16.0. The molecule has 7 heterocycles. The van der Waals surface area contributed by atoms with Crippen LogP contribution in [-0.4, -0.2) is 98.2 Å². The summed E-state index contributed by atoms with van der Waals surface area (Å²) in [5.74, 6) is 0. The van der Waals surface area contributed by atoms with E-state index in [2.05, 4.69) is 50.5 Å². The highest BCUT2D eigenvalue weighted by Gasteiger charge is 2.40. The zero-order valence-electron chi connectivity index (χ0n) is 32.2. The monoisotopic (exact) mass is 896 g/mol. The topological polar surface area (TPSA) is 201 Å². The van der Waals surface area contributed by atoms with Crippen LogP contribution in [0.4, 0.5) is 17.6 Å². The molecule has 23 heteroatoms. The molecule has 1 aliphatic heterocycles. The summed E-state index contributed by atoms with van der Waals surface area (Å²) in [6, 6.07) is 21.4. The largest absolute Gasteiger partial charge is 0.460 e. The molecular weight excluding hydrogens is 869 g/mol. The zero-order valence-corrected chi connectivity index (χ0v) is 33.8. The van der Waals surface area contributed by atoms with Crippen LogP contribution >= 0.6 is 22.7 Å². The fraction of sp³-hybridized carbons (Fsp3) is 0.200. The molecule has 0 saturated carbocycles. The van der Waals surface area contributed by atoms with E-state index in [4.69, 9.17) is 14.2 Å². The molecule has 318 valence electrons. The van der Waals surface area contributed by atoms with Crippen LogP contribution in [0.15, 0.2) is 107 Å². The first kappa shape index (κ1) is 41.1. The maximum Gasteiger partial charge on any atom is 0.422 e. The third-order valence-corrected chi connectivity index (χ3v) is 11.1. The molecule has 1 fully saturated rings. The predicted octanol–water partition coefficient (Wildman–Crippen LogP) is 5.57. The molecule has 8 aromatic rings. The van der Waals surface area contributed by atoms with Gasteiger partial charge in [0.1, 0.15) is 26.6 Å². The fourth-order valence-electron chi connectivity index (χ4n) is 6.04. The molecule has 17 nitrogen and oxygen atoms in total. The summed E-state index contributed by atoms with van der Waals surface area (Å²) in [6.07, 6.45) is -0.481. The Morgan fingerprint density at radius 3 is 1.92 bits per heavy atom. The molecule has 1 saturated heterocycles. The number of halogens is 4. The molecule has 0 bridgehead atoms. The van der Waals surface area contributed by atoms with E-state index in [-0.39, 0.29) is 55.9 Å². The minimum atomic E-state index is -4.65. The Balaban J connectivity index is 0.970. The van der Waals surface area contributed by atoms with E-state index in [1.54, 1.807) is 24.3 Å². The summed E-state index contributed by atoms with van der Waals surface area (Å²) in [6.45, 7) is -2.01. The summed E-state index contributed by atoms with van der Waals surface area (Å²) >= 11 is 2.49. The van der Waals surface area contributed by atoms with Crippen molar-refractivity contribution >= 4 is 22.7 Å². The Labute approximate surface area is 359 Å². The van der Waals surface area contributed by atoms with Gasteiger partial charge < -0.3 is 14.2 Å². The Bertz CT molecular complexity index is 3030. The molecule has 0 amide bonds. The zero-order chi connectivity index (χ0) is 43.6. The van der Waals surface area contributed by atoms with Crippen molar-refractivity contribution in [3.8, 4) is 66.9 Å². The maximum absolute atomic E-state index is 14.2. The molecule has 0 radical (unpaired) electrons. The highest BCUT2D eigenvalue weighted by molar-refractivity contribution is 7.15. The average molecular weight is 897 g/mol. The van der Waals surface area contributed by atoms with Gasteiger partial charge in [-0.1, -0.05) is 71.2 Å². The van der Waals surface area contributed by atoms with Crippen molar-refractivity contribution in [3.63, 3.8) is 0 Å². The van der Waals surface area contributed by atoms with Crippen LogP contribution in [0.5, 0.6) is 12.0 Å². The number of hydrogen-bond donors (Lipinski definition) is 0. The predicted molar refractivity (Wildman–Crippen MR) is 219 cm³/mol. The lowest BCUT2D eigenvalue weighted by Crippen LogP contribution is -2.50. The van der Waals surface area contributed by atoms with Gasteiger partial charge >= 0.3 is 18.2 Å². The lowest BCUT2D eigenvalue weighted by atomic mass is 10.0. The van der Waals surface area contributed by atoms with Crippen molar-refractivity contribution in [1.29, 1.82) is 0 Å². The van der Waals surface area contributed by atoms with Crippen molar-refractivity contribution in [2.45, 2.75) is 24.9 Å². The molecule has 1 aliphatic rings. The van der Waals surface area contributed by atoms with Crippen LogP contribution in [0, 0.1) is 0 Å². The molecule has 0 spiro atoms. The van der Waals surface area contributed by atoms with Gasteiger partial charge in [-0.15, -0.1) is 20.4 Å². The number of rotatable bonds is 14. The number of aromatic nitrogens is 12. The molecule has 0 aliphatic carbocycles. The van der Waals surface area contributed by atoms with E-state index >= 15 is 0 Å². The van der Waals surface area contributed by atoms with Gasteiger partial charge in [0.05, 0.1) is 43.4 Å². The minimum Gasteiger partial charge on any atom is -0.460 e. The van der Waals surface area contributed by atoms with E-state index in [0.29, 0.717) is 42.4 Å². The summed E-state index contributed by atoms with van der Waals surface area (Å²) in [5, 5.41) is 28.2. The maximum atomic E-state index is 14.2. The number of ether oxygens (including phenoxy) is 3. The first-order valence-electron chi connectivity index (χ1n) is 18.7. The second kappa shape index (κ2) is 17.3. The number of alkyl halides is 4. The fourth-order valence-corrected chi connectivity index (χ4v) is 7.69. The quantitative estimate of drug-likeness (QED) is 0.123. The Morgan fingerprint density at radius 2 is 1.27 bits per heavy atom. The van der Waals surface area contributed by atoms with E-state index in [9.17, 15) is 27.2 Å². The van der Waals surface area contributed by atoms with Crippen molar-refractivity contribution < 1.29 is 31.8 Å². The molecule has 0 atom stereocenters. The van der Waals surface area contributed by atoms with Crippen molar-refractivity contribution in [3.05, 3.63) is 128 Å². The summed E-state index contributed by atoms with van der Waals surface area (Å²) in [4.78, 5) is 42.5. The van der Waals surface area contributed by atoms with E-state index in [1.165, 1.54) is 74.9 Å². The SMILES string of the molecule is O=c1ccc(-c2cnc(OCC3(F)COC3)nc2)nn1Cc1nnc(-c2cccc(-c3nc(OCC(F)(F)F)ncc3-c3ccc(=O)n(Cc4nnc(-c5ccccc5)s4)n3)c2)s1. The number of nitrogens with zero attached hydrogens (tertiary/aromatic N) is 12. The molecular formula is C40H28F4N12O5S2. The van der Waals surface area contributed by atoms with E-state index in [1.807, 2.05) is 30.3 Å². The molecule has 9 rings (SSSR count). The molecule has 6 aromatic heterocycles. The van der Waals surface area contributed by atoms with Gasteiger partial charge in [-0.3, -0.25) is 9.59 Å². The van der Waals surface area contributed by atoms with Crippen LogP contribution in [0.3, 0.4) is 0 Å². The Kier molecular flexibility index (Phi) is 11.3. The van der Waals surface area contributed by atoms with Gasteiger partial charge in [0.25, 0.3) is 11.1 Å². The highest BCUT2D eigenvalue weighted by atomic mass is 32.1. The van der Waals surface area contributed by atoms with Crippen LogP contribution in [0.1, 0.15) is 10.0 Å². The minimum absolute atomic E-state index is 0.00222. The van der Waals surface area contributed by atoms with Crippen molar-refractivity contribution in [2.24, 2.45) is 0 Å². The summed E-state index contributed by atoms with van der Waals surface area (Å²) in [5.41, 5.74) is 1.01.